The van der Waals surface area contributed by atoms with E-state index in [0.29, 0.717) is 5.41 Å². The van der Waals surface area contributed by atoms with Crippen molar-refractivity contribution in [3.05, 3.63) is 23.4 Å². The van der Waals surface area contributed by atoms with Gasteiger partial charge in [-0.05, 0) is 45.4 Å². The summed E-state index contributed by atoms with van der Waals surface area (Å²) in [5.41, 5.74) is 3.33. The van der Waals surface area contributed by atoms with Crippen molar-refractivity contribution in [2.24, 2.45) is 5.41 Å². The summed E-state index contributed by atoms with van der Waals surface area (Å²) in [5, 5.41) is 6.97. The van der Waals surface area contributed by atoms with Crippen molar-refractivity contribution in [2.75, 3.05) is 19.6 Å². The summed E-state index contributed by atoms with van der Waals surface area (Å²) in [6.45, 7) is 7.74. The van der Waals surface area contributed by atoms with E-state index in [1.807, 2.05) is 0 Å². The third kappa shape index (κ3) is 1.38. The average Bonchev–Trinajstić information content (AvgIpc) is 2.57. The van der Waals surface area contributed by atoms with Crippen molar-refractivity contribution in [1.82, 2.24) is 10.6 Å². The second-order valence-electron chi connectivity index (χ2n) is 4.29. The van der Waals surface area contributed by atoms with E-state index >= 15 is 0 Å². The van der Waals surface area contributed by atoms with Crippen LogP contribution in [0.2, 0.25) is 0 Å². The summed E-state index contributed by atoms with van der Waals surface area (Å²) in [6.07, 6.45) is 7.04. The zero-order valence-corrected chi connectivity index (χ0v) is 9.19. The van der Waals surface area contributed by atoms with Crippen molar-refractivity contribution in [3.8, 4) is 0 Å². The molecule has 2 nitrogen and oxygen atoms in total. The van der Waals surface area contributed by atoms with Gasteiger partial charge in [-0.3, -0.25) is 0 Å². The first-order valence-corrected chi connectivity index (χ1v) is 5.60. The molecular weight excluding hydrogens is 172 g/mol. The smallest absolute Gasteiger partial charge is 0.0332 e. The lowest BCUT2D eigenvalue weighted by Crippen LogP contribution is -2.38. The van der Waals surface area contributed by atoms with Gasteiger partial charge >= 0.3 is 0 Å². The Morgan fingerprint density at radius 2 is 1.86 bits per heavy atom. The Kier molecular flexibility index (Phi) is 2.64. The Morgan fingerprint density at radius 1 is 1.14 bits per heavy atom. The summed E-state index contributed by atoms with van der Waals surface area (Å²) in [6, 6.07) is 0. The first-order chi connectivity index (χ1) is 6.82. The van der Waals surface area contributed by atoms with E-state index in [2.05, 4.69) is 36.6 Å². The van der Waals surface area contributed by atoms with Gasteiger partial charge in [0.05, 0.1) is 0 Å². The monoisotopic (exact) mass is 192 g/mol. The third-order valence-electron chi connectivity index (χ3n) is 3.62. The molecule has 0 unspecified atom stereocenters. The highest BCUT2D eigenvalue weighted by Crippen LogP contribution is 2.43. The van der Waals surface area contributed by atoms with Crippen LogP contribution in [0.3, 0.4) is 0 Å². The van der Waals surface area contributed by atoms with Gasteiger partial charge in [0, 0.05) is 17.7 Å². The fourth-order valence-electron chi connectivity index (χ4n) is 2.81. The van der Waals surface area contributed by atoms with Crippen LogP contribution < -0.4 is 10.6 Å². The molecule has 0 aliphatic carbocycles. The predicted molar refractivity (Wildman–Crippen MR) is 60.1 cm³/mol. The van der Waals surface area contributed by atoms with Gasteiger partial charge in [-0.2, -0.15) is 0 Å². The Hall–Kier alpha value is -0.760. The molecule has 0 amide bonds. The number of hydrogen-bond acceptors (Lipinski definition) is 2. The zero-order chi connectivity index (χ0) is 10.0. The van der Waals surface area contributed by atoms with Crippen molar-refractivity contribution in [2.45, 2.75) is 26.7 Å². The number of allylic oxidation sites excluding steroid dienone is 3. The molecule has 2 aliphatic heterocycles. The Bertz CT molecular complexity index is 270. The van der Waals surface area contributed by atoms with Crippen LogP contribution in [0.25, 0.3) is 0 Å². The zero-order valence-electron chi connectivity index (χ0n) is 9.19. The molecule has 0 bridgehead atoms. The van der Waals surface area contributed by atoms with E-state index in [9.17, 15) is 0 Å². The average molecular weight is 192 g/mol. The first kappa shape index (κ1) is 9.78. The fourth-order valence-corrected chi connectivity index (χ4v) is 2.81. The topological polar surface area (TPSA) is 24.1 Å². The molecule has 2 fully saturated rings. The third-order valence-corrected chi connectivity index (χ3v) is 3.62. The van der Waals surface area contributed by atoms with Crippen molar-refractivity contribution >= 4 is 0 Å². The van der Waals surface area contributed by atoms with Crippen LogP contribution in [0.5, 0.6) is 0 Å². The van der Waals surface area contributed by atoms with Gasteiger partial charge in [0.1, 0.15) is 0 Å². The second-order valence-corrected chi connectivity index (χ2v) is 4.29. The molecule has 2 saturated heterocycles. The van der Waals surface area contributed by atoms with Crippen LogP contribution in [0.1, 0.15) is 26.7 Å². The summed E-state index contributed by atoms with van der Waals surface area (Å²) in [4.78, 5) is 0. The van der Waals surface area contributed by atoms with Crippen molar-refractivity contribution in [1.29, 1.82) is 0 Å². The van der Waals surface area contributed by atoms with Gasteiger partial charge in [-0.25, -0.2) is 0 Å². The summed E-state index contributed by atoms with van der Waals surface area (Å²) >= 11 is 0. The summed E-state index contributed by atoms with van der Waals surface area (Å²) in [7, 11) is 0. The molecule has 0 aromatic rings. The van der Waals surface area contributed by atoms with Crippen LogP contribution in [0.15, 0.2) is 23.4 Å². The first-order valence-electron chi connectivity index (χ1n) is 5.60. The molecule has 1 spiro atoms. The van der Waals surface area contributed by atoms with Crippen molar-refractivity contribution in [3.63, 3.8) is 0 Å². The number of hydrogen-bond donors (Lipinski definition) is 2. The lowest BCUT2D eigenvalue weighted by atomic mass is 9.74. The molecule has 2 heteroatoms. The Balaban J connectivity index is 2.28. The molecule has 0 saturated carbocycles. The van der Waals surface area contributed by atoms with Crippen LogP contribution in [0, 0.1) is 5.41 Å². The van der Waals surface area contributed by atoms with E-state index in [0.717, 1.165) is 19.6 Å². The quantitative estimate of drug-likeness (QED) is 0.611. The lowest BCUT2D eigenvalue weighted by molar-refractivity contribution is 0.278. The van der Waals surface area contributed by atoms with Crippen molar-refractivity contribution < 1.29 is 0 Å². The van der Waals surface area contributed by atoms with Gasteiger partial charge in [0.2, 0.25) is 0 Å². The fraction of sp³-hybridized carbons (Fsp3) is 0.667. The molecule has 0 radical (unpaired) electrons. The van der Waals surface area contributed by atoms with E-state index in [4.69, 9.17) is 0 Å². The summed E-state index contributed by atoms with van der Waals surface area (Å²) < 4.78 is 0. The minimum atomic E-state index is 0.432. The molecule has 2 heterocycles. The van der Waals surface area contributed by atoms with Gasteiger partial charge in [-0.1, -0.05) is 12.2 Å². The highest BCUT2D eigenvalue weighted by atomic mass is 15.0. The highest BCUT2D eigenvalue weighted by Gasteiger charge is 2.40. The van der Waals surface area contributed by atoms with E-state index in [-0.39, 0.29) is 0 Å². The lowest BCUT2D eigenvalue weighted by Gasteiger charge is -2.34. The normalized spacial score (nSPS) is 31.3. The van der Waals surface area contributed by atoms with Gasteiger partial charge < -0.3 is 10.6 Å². The van der Waals surface area contributed by atoms with Crippen LogP contribution in [-0.4, -0.2) is 19.6 Å². The number of rotatable bonds is 0. The van der Waals surface area contributed by atoms with E-state index in [1.54, 1.807) is 5.57 Å². The summed E-state index contributed by atoms with van der Waals surface area (Å²) in [5.74, 6) is 0. The molecule has 2 N–H and O–H groups in total. The molecule has 0 aromatic carbocycles. The maximum Gasteiger partial charge on any atom is 0.0332 e. The maximum atomic E-state index is 3.53. The van der Waals surface area contributed by atoms with Gasteiger partial charge in [0.25, 0.3) is 0 Å². The molecule has 2 aliphatic rings. The predicted octanol–water partition coefficient (Wildman–Crippen LogP) is 1.81. The highest BCUT2D eigenvalue weighted by molar-refractivity contribution is 5.40. The number of nitrogens with one attached hydrogen (secondary N) is 2. The van der Waals surface area contributed by atoms with Gasteiger partial charge in [0.15, 0.2) is 0 Å². The minimum Gasteiger partial charge on any atom is -0.384 e. The van der Waals surface area contributed by atoms with Crippen LogP contribution in [-0.2, 0) is 0 Å². The maximum absolute atomic E-state index is 3.53. The molecular formula is C12H20N2. The second kappa shape index (κ2) is 3.77. The molecule has 0 atom stereocenters. The molecule has 78 valence electrons. The van der Waals surface area contributed by atoms with E-state index in [1.165, 1.54) is 18.5 Å². The molecule has 2 rings (SSSR count). The Morgan fingerprint density at radius 3 is 2.43 bits per heavy atom. The SMILES string of the molecule is C/C=C1\C(=C/C)NCC12CCNCC2. The minimum absolute atomic E-state index is 0.432. The van der Waals surface area contributed by atoms with Gasteiger partial charge in [-0.15, -0.1) is 0 Å². The van der Waals surface area contributed by atoms with Crippen LogP contribution >= 0.6 is 0 Å². The number of piperidine rings is 1. The van der Waals surface area contributed by atoms with Crippen LogP contribution in [0.4, 0.5) is 0 Å². The molecule has 0 aromatic heterocycles. The Labute approximate surface area is 86.5 Å². The van der Waals surface area contributed by atoms with E-state index < -0.39 is 0 Å². The standard InChI is InChI=1S/C12H20N2/c1-3-10-11(4-2)14-9-12(10)5-7-13-8-6-12/h3-4,13-14H,5-9H2,1-2H3/b10-3+,11-4+. The largest absolute Gasteiger partial charge is 0.384 e. The molecule has 14 heavy (non-hydrogen) atoms.